The predicted molar refractivity (Wildman–Crippen MR) is 84.2 cm³/mol. The molecule has 0 spiro atoms. The van der Waals surface area contributed by atoms with E-state index in [4.69, 9.17) is 0 Å². The van der Waals surface area contributed by atoms with Crippen LogP contribution in [0.15, 0.2) is 0 Å². The Morgan fingerprint density at radius 2 is 2.00 bits per heavy atom. The van der Waals surface area contributed by atoms with Gasteiger partial charge in [0.15, 0.2) is 0 Å². The van der Waals surface area contributed by atoms with E-state index in [1.807, 2.05) is 0 Å². The minimum Gasteiger partial charge on any atom is -0.388 e. The lowest BCUT2D eigenvalue weighted by Crippen LogP contribution is -2.52. The van der Waals surface area contributed by atoms with Crippen LogP contribution in [0.5, 0.6) is 0 Å². The third kappa shape index (κ3) is 4.94. The van der Waals surface area contributed by atoms with E-state index in [1.165, 1.54) is 19.3 Å². The number of aliphatic hydroxyl groups is 1. The Balaban J connectivity index is 1.74. The van der Waals surface area contributed by atoms with Gasteiger partial charge in [-0.1, -0.05) is 13.3 Å². The van der Waals surface area contributed by atoms with Gasteiger partial charge in [-0.2, -0.15) is 0 Å². The Kier molecular flexibility index (Phi) is 6.02. The molecule has 1 amide bonds. The number of nitrogens with zero attached hydrogens (tertiary/aromatic N) is 2. The Morgan fingerprint density at radius 1 is 1.29 bits per heavy atom. The van der Waals surface area contributed by atoms with Crippen LogP contribution in [0.4, 0.5) is 0 Å². The number of nitrogens with one attached hydrogen (secondary N) is 1. The van der Waals surface area contributed by atoms with Crippen LogP contribution in [0.2, 0.25) is 0 Å². The molecule has 122 valence electrons. The van der Waals surface area contributed by atoms with Gasteiger partial charge >= 0.3 is 0 Å². The minimum atomic E-state index is -0.714. The van der Waals surface area contributed by atoms with E-state index < -0.39 is 5.60 Å². The number of piperidine rings is 2. The standard InChI is InChI=1S/C16H31N3O2/c1-3-14-6-4-5-9-19(14)12-15(20)17-13-16(21)7-10-18(2)11-8-16/h14,21H,3-13H2,1-2H3,(H,17,20)/t14-/m0/s1. The number of rotatable bonds is 5. The van der Waals surface area contributed by atoms with E-state index in [0.29, 0.717) is 19.1 Å². The topological polar surface area (TPSA) is 55.8 Å². The lowest BCUT2D eigenvalue weighted by Gasteiger charge is -2.37. The average Bonchev–Trinajstić information content (AvgIpc) is 2.49. The van der Waals surface area contributed by atoms with E-state index in [2.05, 4.69) is 29.1 Å². The molecule has 1 atom stereocenters. The van der Waals surface area contributed by atoms with Crippen LogP contribution in [0.3, 0.4) is 0 Å². The fourth-order valence-corrected chi connectivity index (χ4v) is 3.45. The van der Waals surface area contributed by atoms with Crippen molar-refractivity contribution < 1.29 is 9.90 Å². The van der Waals surface area contributed by atoms with Gasteiger partial charge in [0.2, 0.25) is 5.91 Å². The number of carbonyl (C=O) groups is 1. The van der Waals surface area contributed by atoms with Crippen molar-refractivity contribution in [3.63, 3.8) is 0 Å². The van der Waals surface area contributed by atoms with Crippen molar-refractivity contribution in [1.29, 1.82) is 0 Å². The second-order valence-electron chi connectivity index (χ2n) is 6.83. The Labute approximate surface area is 128 Å². The number of hydrogen-bond donors (Lipinski definition) is 2. The highest BCUT2D eigenvalue weighted by Crippen LogP contribution is 2.21. The fourth-order valence-electron chi connectivity index (χ4n) is 3.45. The quantitative estimate of drug-likeness (QED) is 0.789. The summed E-state index contributed by atoms with van der Waals surface area (Å²) in [5, 5.41) is 13.4. The highest BCUT2D eigenvalue weighted by molar-refractivity contribution is 5.78. The van der Waals surface area contributed by atoms with E-state index in [-0.39, 0.29) is 5.91 Å². The minimum absolute atomic E-state index is 0.0581. The van der Waals surface area contributed by atoms with Crippen LogP contribution in [0.25, 0.3) is 0 Å². The molecule has 0 aromatic carbocycles. The number of carbonyl (C=O) groups excluding carboxylic acids is 1. The lowest BCUT2D eigenvalue weighted by atomic mass is 9.91. The van der Waals surface area contributed by atoms with Gasteiger partial charge in [0.1, 0.15) is 0 Å². The molecule has 5 heteroatoms. The molecule has 0 radical (unpaired) electrons. The second kappa shape index (κ2) is 7.56. The van der Waals surface area contributed by atoms with Gasteiger partial charge in [-0.05, 0) is 45.7 Å². The third-order valence-corrected chi connectivity index (χ3v) is 5.10. The first-order valence-corrected chi connectivity index (χ1v) is 8.44. The molecule has 0 aromatic rings. The van der Waals surface area contributed by atoms with Gasteiger partial charge < -0.3 is 15.3 Å². The molecule has 2 rings (SSSR count). The summed E-state index contributed by atoms with van der Waals surface area (Å²) >= 11 is 0. The Bertz CT molecular complexity index is 340. The highest BCUT2D eigenvalue weighted by Gasteiger charge is 2.31. The Morgan fingerprint density at radius 3 is 2.67 bits per heavy atom. The summed E-state index contributed by atoms with van der Waals surface area (Å²) in [4.78, 5) is 16.7. The summed E-state index contributed by atoms with van der Waals surface area (Å²) in [7, 11) is 2.07. The van der Waals surface area contributed by atoms with Crippen molar-refractivity contribution in [2.24, 2.45) is 0 Å². The maximum absolute atomic E-state index is 12.1. The van der Waals surface area contributed by atoms with Crippen LogP contribution in [-0.4, -0.2) is 72.2 Å². The molecular formula is C16H31N3O2. The third-order valence-electron chi connectivity index (χ3n) is 5.10. The van der Waals surface area contributed by atoms with Gasteiger partial charge in [-0.25, -0.2) is 0 Å². The van der Waals surface area contributed by atoms with Gasteiger partial charge in [0, 0.05) is 25.7 Å². The molecule has 2 fully saturated rings. The van der Waals surface area contributed by atoms with Gasteiger partial charge in [-0.15, -0.1) is 0 Å². The largest absolute Gasteiger partial charge is 0.388 e. The summed E-state index contributed by atoms with van der Waals surface area (Å²) < 4.78 is 0. The molecule has 2 aliphatic rings. The first-order valence-electron chi connectivity index (χ1n) is 8.44. The van der Waals surface area contributed by atoms with E-state index >= 15 is 0 Å². The molecule has 5 nitrogen and oxygen atoms in total. The van der Waals surface area contributed by atoms with Crippen LogP contribution in [0, 0.1) is 0 Å². The smallest absolute Gasteiger partial charge is 0.234 e. The van der Waals surface area contributed by atoms with Gasteiger partial charge in [0.25, 0.3) is 0 Å². The predicted octanol–water partition coefficient (Wildman–Crippen LogP) is 0.824. The van der Waals surface area contributed by atoms with Gasteiger partial charge in [-0.3, -0.25) is 9.69 Å². The van der Waals surface area contributed by atoms with Crippen molar-refractivity contribution in [2.45, 2.75) is 57.1 Å². The average molecular weight is 297 g/mol. The summed E-state index contributed by atoms with van der Waals surface area (Å²) in [6.07, 6.45) is 6.28. The number of hydrogen-bond acceptors (Lipinski definition) is 4. The summed E-state index contributed by atoms with van der Waals surface area (Å²) in [5.41, 5.74) is -0.714. The monoisotopic (exact) mass is 297 g/mol. The maximum atomic E-state index is 12.1. The number of amides is 1. The van der Waals surface area contributed by atoms with Crippen LogP contribution in [0.1, 0.15) is 45.4 Å². The molecule has 2 saturated heterocycles. The van der Waals surface area contributed by atoms with E-state index in [0.717, 1.165) is 38.9 Å². The number of likely N-dealkylation sites (tertiary alicyclic amines) is 2. The lowest BCUT2D eigenvalue weighted by molar-refractivity contribution is -0.125. The molecule has 0 unspecified atom stereocenters. The molecule has 0 aromatic heterocycles. The summed E-state index contributed by atoms with van der Waals surface area (Å²) in [6, 6.07) is 0.552. The normalized spacial score (nSPS) is 27.5. The first kappa shape index (κ1) is 16.7. The van der Waals surface area contributed by atoms with Crippen molar-refractivity contribution in [3.05, 3.63) is 0 Å². The zero-order chi connectivity index (χ0) is 15.3. The van der Waals surface area contributed by atoms with Crippen molar-refractivity contribution in [2.75, 3.05) is 39.8 Å². The molecule has 2 N–H and O–H groups in total. The Hall–Kier alpha value is -0.650. The van der Waals surface area contributed by atoms with Crippen LogP contribution < -0.4 is 5.32 Å². The zero-order valence-corrected chi connectivity index (χ0v) is 13.6. The first-order chi connectivity index (χ1) is 10.0. The summed E-state index contributed by atoms with van der Waals surface area (Å²) in [6.45, 7) is 5.90. The molecule has 2 heterocycles. The molecule has 2 aliphatic heterocycles. The van der Waals surface area contributed by atoms with E-state index in [9.17, 15) is 9.90 Å². The highest BCUT2D eigenvalue weighted by atomic mass is 16.3. The SMILES string of the molecule is CC[C@H]1CCCCN1CC(=O)NCC1(O)CCN(C)CC1. The zero-order valence-electron chi connectivity index (χ0n) is 13.6. The maximum Gasteiger partial charge on any atom is 0.234 e. The van der Waals surface area contributed by atoms with E-state index in [1.54, 1.807) is 0 Å². The fraction of sp³-hybridized carbons (Fsp3) is 0.938. The molecule has 0 saturated carbocycles. The van der Waals surface area contributed by atoms with Crippen molar-refractivity contribution in [1.82, 2.24) is 15.1 Å². The second-order valence-corrected chi connectivity index (χ2v) is 6.83. The van der Waals surface area contributed by atoms with Crippen LogP contribution in [-0.2, 0) is 4.79 Å². The molecular weight excluding hydrogens is 266 g/mol. The van der Waals surface area contributed by atoms with Crippen LogP contribution >= 0.6 is 0 Å². The molecule has 0 aliphatic carbocycles. The summed E-state index contributed by atoms with van der Waals surface area (Å²) in [5.74, 6) is 0.0581. The van der Waals surface area contributed by atoms with Gasteiger partial charge in [0.05, 0.1) is 12.1 Å². The van der Waals surface area contributed by atoms with Crippen molar-refractivity contribution in [3.8, 4) is 0 Å². The molecule has 0 bridgehead atoms. The molecule has 21 heavy (non-hydrogen) atoms. The van der Waals surface area contributed by atoms with Crippen molar-refractivity contribution >= 4 is 5.91 Å².